The molecule has 0 bridgehead atoms. The van der Waals surface area contributed by atoms with Gasteiger partial charge < -0.3 is 9.47 Å². The van der Waals surface area contributed by atoms with E-state index in [4.69, 9.17) is 9.47 Å². The second-order valence-corrected chi connectivity index (χ2v) is 6.19. The van der Waals surface area contributed by atoms with Crippen molar-refractivity contribution in [1.29, 1.82) is 0 Å². The van der Waals surface area contributed by atoms with Crippen LogP contribution in [0.15, 0.2) is 12.2 Å². The van der Waals surface area contributed by atoms with Crippen LogP contribution in [0.5, 0.6) is 0 Å². The molecular weight excluding hydrogens is 236 g/mol. The first-order valence-corrected chi connectivity index (χ1v) is 7.01. The highest BCUT2D eigenvalue weighted by molar-refractivity contribution is 6.12. The van der Waals surface area contributed by atoms with E-state index in [1.54, 1.807) is 20.8 Å². The minimum atomic E-state index is -0.548. The van der Waals surface area contributed by atoms with E-state index in [2.05, 4.69) is 0 Å². The van der Waals surface area contributed by atoms with Crippen LogP contribution in [0.1, 0.15) is 40.5 Å². The lowest BCUT2D eigenvalue weighted by atomic mass is 10.2. The SMILES string of the molecule is CCCC([SiH3])OC(=O)/C=C\C(=O)OC(C)(C)C. The van der Waals surface area contributed by atoms with Gasteiger partial charge in [-0.25, -0.2) is 9.59 Å². The summed E-state index contributed by atoms with van der Waals surface area (Å²) < 4.78 is 10.1. The smallest absolute Gasteiger partial charge is 0.331 e. The van der Waals surface area contributed by atoms with Gasteiger partial charge in [0.2, 0.25) is 0 Å². The van der Waals surface area contributed by atoms with Gasteiger partial charge in [-0.1, -0.05) is 13.3 Å². The molecule has 0 aliphatic carbocycles. The average Bonchev–Trinajstić information content (AvgIpc) is 2.12. The van der Waals surface area contributed by atoms with Gasteiger partial charge in [0.25, 0.3) is 0 Å². The highest BCUT2D eigenvalue weighted by atomic mass is 28.1. The Morgan fingerprint density at radius 3 is 2.24 bits per heavy atom. The summed E-state index contributed by atoms with van der Waals surface area (Å²) in [6, 6.07) is 0. The second kappa shape index (κ2) is 7.27. The number of carbonyl (C=O) groups is 2. The minimum absolute atomic E-state index is 0.00999. The zero-order valence-corrected chi connectivity index (χ0v) is 13.3. The van der Waals surface area contributed by atoms with Gasteiger partial charge in [0.1, 0.15) is 5.60 Å². The first kappa shape index (κ1) is 15.9. The number of carbonyl (C=O) groups excluding carboxylic acids is 2. The molecule has 1 atom stereocenters. The fraction of sp³-hybridized carbons (Fsp3) is 0.667. The lowest BCUT2D eigenvalue weighted by Gasteiger charge is -2.17. The Labute approximate surface area is 106 Å². The minimum Gasteiger partial charge on any atom is -0.464 e. The van der Waals surface area contributed by atoms with E-state index >= 15 is 0 Å². The summed E-state index contributed by atoms with van der Waals surface area (Å²) in [5, 5.41) is 0. The van der Waals surface area contributed by atoms with Gasteiger partial charge in [0.05, 0.1) is 16.0 Å². The standard InChI is InChI=1S/C12H22O4Si/c1-5-6-11(17)15-9(13)7-8-10(14)16-12(2,3)4/h7-8,11H,5-6H2,1-4,17H3/b8-7-. The molecule has 0 amide bonds. The molecule has 0 rings (SSSR count). The Hall–Kier alpha value is -1.10. The Morgan fingerprint density at radius 2 is 1.76 bits per heavy atom. The molecule has 1 unspecified atom stereocenters. The zero-order chi connectivity index (χ0) is 13.5. The van der Waals surface area contributed by atoms with Crippen molar-refractivity contribution >= 4 is 22.2 Å². The third kappa shape index (κ3) is 9.80. The van der Waals surface area contributed by atoms with Crippen LogP contribution in [0.25, 0.3) is 0 Å². The zero-order valence-electron chi connectivity index (χ0n) is 11.3. The van der Waals surface area contributed by atoms with Crippen molar-refractivity contribution in [2.45, 2.75) is 51.9 Å². The van der Waals surface area contributed by atoms with E-state index < -0.39 is 17.5 Å². The summed E-state index contributed by atoms with van der Waals surface area (Å²) in [5.41, 5.74) is -0.538. The van der Waals surface area contributed by atoms with E-state index in [0.717, 1.165) is 35.2 Å². The summed E-state index contributed by atoms with van der Waals surface area (Å²) >= 11 is 0. The molecule has 98 valence electrons. The number of rotatable bonds is 5. The third-order valence-corrected chi connectivity index (χ3v) is 2.59. The topological polar surface area (TPSA) is 52.6 Å². The lowest BCUT2D eigenvalue weighted by Crippen LogP contribution is -2.23. The summed E-state index contributed by atoms with van der Waals surface area (Å²) in [6.07, 6.45) is 4.08. The normalized spacial score (nSPS) is 13.6. The van der Waals surface area contributed by atoms with Crippen molar-refractivity contribution in [3.63, 3.8) is 0 Å². The summed E-state index contributed by atoms with van der Waals surface area (Å²) in [7, 11) is 0.800. The third-order valence-electron chi connectivity index (χ3n) is 1.77. The fourth-order valence-corrected chi connectivity index (χ4v) is 1.98. The van der Waals surface area contributed by atoms with Gasteiger partial charge in [0.15, 0.2) is 0 Å². The molecule has 0 aromatic rings. The fourth-order valence-electron chi connectivity index (χ4n) is 1.17. The molecule has 0 aliphatic heterocycles. The molecule has 5 heteroatoms. The Bertz CT molecular complexity index is 291. The average molecular weight is 258 g/mol. The predicted octanol–water partition coefficient (Wildman–Crippen LogP) is 0.919. The van der Waals surface area contributed by atoms with E-state index in [1.807, 2.05) is 6.92 Å². The van der Waals surface area contributed by atoms with E-state index in [1.165, 1.54) is 0 Å². The molecule has 0 spiro atoms. The van der Waals surface area contributed by atoms with E-state index in [0.29, 0.717) is 0 Å². The quantitative estimate of drug-likeness (QED) is 0.418. The van der Waals surface area contributed by atoms with Gasteiger partial charge in [-0.05, 0) is 27.2 Å². The van der Waals surface area contributed by atoms with Crippen molar-refractivity contribution in [2.75, 3.05) is 0 Å². The first-order valence-electron chi connectivity index (χ1n) is 5.86. The summed E-state index contributed by atoms with van der Waals surface area (Å²) in [5.74, 6) is -1.01. The number of hydrogen-bond donors (Lipinski definition) is 0. The summed E-state index contributed by atoms with van der Waals surface area (Å²) in [6.45, 7) is 7.35. The van der Waals surface area contributed by atoms with Crippen molar-refractivity contribution in [3.05, 3.63) is 12.2 Å². The van der Waals surface area contributed by atoms with Gasteiger partial charge in [-0.3, -0.25) is 0 Å². The molecular formula is C12H22O4Si. The van der Waals surface area contributed by atoms with Crippen LogP contribution in [-0.4, -0.2) is 33.5 Å². The van der Waals surface area contributed by atoms with Gasteiger partial charge in [-0.2, -0.15) is 0 Å². The predicted molar refractivity (Wildman–Crippen MR) is 69.7 cm³/mol. The lowest BCUT2D eigenvalue weighted by molar-refractivity contribution is -0.149. The molecule has 17 heavy (non-hydrogen) atoms. The number of ether oxygens (including phenoxy) is 2. The maximum atomic E-state index is 11.3. The maximum absolute atomic E-state index is 11.3. The maximum Gasteiger partial charge on any atom is 0.331 e. The Kier molecular flexibility index (Phi) is 6.80. The number of hydrogen-bond acceptors (Lipinski definition) is 4. The molecule has 0 aromatic carbocycles. The van der Waals surface area contributed by atoms with Crippen LogP contribution in [0.2, 0.25) is 0 Å². The second-order valence-electron chi connectivity index (χ2n) is 4.90. The first-order chi connectivity index (χ1) is 7.74. The molecule has 0 heterocycles. The molecule has 0 radical (unpaired) electrons. The molecule has 4 nitrogen and oxygen atoms in total. The van der Waals surface area contributed by atoms with Crippen molar-refractivity contribution in [3.8, 4) is 0 Å². The van der Waals surface area contributed by atoms with Crippen LogP contribution in [0.4, 0.5) is 0 Å². The molecule has 0 aliphatic rings. The summed E-state index contributed by atoms with van der Waals surface area (Å²) in [4.78, 5) is 22.6. The molecule has 0 saturated carbocycles. The van der Waals surface area contributed by atoms with E-state index in [9.17, 15) is 9.59 Å². The van der Waals surface area contributed by atoms with Crippen molar-refractivity contribution < 1.29 is 19.1 Å². The molecule has 0 saturated heterocycles. The van der Waals surface area contributed by atoms with E-state index in [-0.39, 0.29) is 5.73 Å². The molecule has 0 fully saturated rings. The van der Waals surface area contributed by atoms with Gasteiger partial charge >= 0.3 is 11.9 Å². The van der Waals surface area contributed by atoms with Crippen LogP contribution < -0.4 is 0 Å². The van der Waals surface area contributed by atoms with Gasteiger partial charge in [-0.15, -0.1) is 0 Å². The van der Waals surface area contributed by atoms with Crippen molar-refractivity contribution in [2.24, 2.45) is 0 Å². The monoisotopic (exact) mass is 258 g/mol. The molecule has 0 N–H and O–H groups in total. The van der Waals surface area contributed by atoms with Crippen LogP contribution in [-0.2, 0) is 19.1 Å². The van der Waals surface area contributed by atoms with Gasteiger partial charge in [0, 0.05) is 12.2 Å². The number of esters is 2. The Morgan fingerprint density at radius 1 is 1.24 bits per heavy atom. The molecule has 0 aromatic heterocycles. The van der Waals surface area contributed by atoms with Crippen LogP contribution >= 0.6 is 0 Å². The van der Waals surface area contributed by atoms with Crippen molar-refractivity contribution in [1.82, 2.24) is 0 Å². The largest absolute Gasteiger partial charge is 0.464 e. The Balaban J connectivity index is 4.07. The van der Waals surface area contributed by atoms with Crippen LogP contribution in [0, 0.1) is 0 Å². The highest BCUT2D eigenvalue weighted by Gasteiger charge is 2.14. The highest BCUT2D eigenvalue weighted by Crippen LogP contribution is 2.07. The van der Waals surface area contributed by atoms with Crippen LogP contribution in [0.3, 0.4) is 0 Å².